The minimum atomic E-state index is -0.665. The van der Waals surface area contributed by atoms with E-state index in [1.807, 2.05) is 0 Å². The van der Waals surface area contributed by atoms with Crippen LogP contribution in [0.3, 0.4) is 0 Å². The molecule has 2 unspecified atom stereocenters. The average molecular weight is 1210 g/mol. The van der Waals surface area contributed by atoms with Crippen molar-refractivity contribution in [3.8, 4) is 0 Å². The van der Waals surface area contributed by atoms with E-state index in [2.05, 4.69) is 43.5 Å². The zero-order valence-corrected chi connectivity index (χ0v) is 58.6. The van der Waals surface area contributed by atoms with Gasteiger partial charge >= 0.3 is 5.97 Å². The van der Waals surface area contributed by atoms with E-state index in [1.54, 1.807) is 0 Å². The summed E-state index contributed by atoms with van der Waals surface area (Å²) in [6, 6.07) is -0.543. The Balaban J connectivity index is 3.39. The van der Waals surface area contributed by atoms with Crippen molar-refractivity contribution in [1.82, 2.24) is 5.32 Å². The molecule has 2 atom stereocenters. The Morgan fingerprint density at radius 3 is 0.884 bits per heavy atom. The minimum absolute atomic E-state index is 0.0158. The van der Waals surface area contributed by atoms with E-state index in [9.17, 15) is 19.8 Å². The van der Waals surface area contributed by atoms with E-state index in [-0.39, 0.29) is 18.5 Å². The summed E-state index contributed by atoms with van der Waals surface area (Å²) in [4.78, 5) is 24.6. The van der Waals surface area contributed by atoms with Gasteiger partial charge in [0.25, 0.3) is 0 Å². The number of hydrogen-bond donors (Lipinski definition) is 3. The topological polar surface area (TPSA) is 95.9 Å². The Morgan fingerprint density at radius 1 is 0.326 bits per heavy atom. The van der Waals surface area contributed by atoms with Crippen LogP contribution >= 0.6 is 0 Å². The number of amides is 1. The molecule has 0 bridgehead atoms. The summed E-state index contributed by atoms with van der Waals surface area (Å²) in [6.45, 7) is 5.00. The number of allylic oxidation sites excluding steroid dienone is 4. The van der Waals surface area contributed by atoms with Crippen LogP contribution in [-0.4, -0.2) is 47.4 Å². The van der Waals surface area contributed by atoms with Crippen molar-refractivity contribution in [2.75, 3.05) is 13.2 Å². The third-order valence-electron chi connectivity index (χ3n) is 18.8. The highest BCUT2D eigenvalue weighted by Gasteiger charge is 2.20. The number of aliphatic hydroxyl groups excluding tert-OH is 2. The van der Waals surface area contributed by atoms with Crippen molar-refractivity contribution in [2.24, 2.45) is 0 Å². The summed E-state index contributed by atoms with van der Waals surface area (Å²) in [5.74, 6) is -0.0128. The highest BCUT2D eigenvalue weighted by Crippen LogP contribution is 2.20. The van der Waals surface area contributed by atoms with Crippen LogP contribution in [0.2, 0.25) is 0 Å². The molecule has 0 aromatic rings. The van der Waals surface area contributed by atoms with Crippen LogP contribution in [0.1, 0.15) is 450 Å². The van der Waals surface area contributed by atoms with Crippen LogP contribution in [0, 0.1) is 0 Å². The quantitative estimate of drug-likeness (QED) is 0.0320. The van der Waals surface area contributed by atoms with Crippen molar-refractivity contribution < 1.29 is 24.5 Å². The number of esters is 1. The first-order valence-corrected chi connectivity index (χ1v) is 39.6. The fourth-order valence-electron chi connectivity index (χ4n) is 12.7. The average Bonchev–Trinajstić information content (AvgIpc) is 3.56. The molecule has 0 aliphatic rings. The van der Waals surface area contributed by atoms with Crippen molar-refractivity contribution in [3.05, 3.63) is 24.3 Å². The highest BCUT2D eigenvalue weighted by atomic mass is 16.5. The number of rotatable bonds is 75. The summed E-state index contributed by atoms with van der Waals surface area (Å²) >= 11 is 0. The van der Waals surface area contributed by atoms with Gasteiger partial charge in [-0.15, -0.1) is 0 Å². The first kappa shape index (κ1) is 84.3. The molecule has 510 valence electrons. The Labute approximate surface area is 539 Å². The number of carbonyl (C=O) groups excluding carboxylic acids is 2. The maximum atomic E-state index is 12.6. The number of aliphatic hydroxyl groups is 2. The molecule has 1 amide bonds. The van der Waals surface area contributed by atoms with Crippen LogP contribution in [0.5, 0.6) is 0 Å². The second-order valence-electron chi connectivity index (χ2n) is 27.4. The normalized spacial score (nSPS) is 12.6. The van der Waals surface area contributed by atoms with Gasteiger partial charge in [0.05, 0.1) is 25.4 Å². The van der Waals surface area contributed by atoms with Gasteiger partial charge in [-0.2, -0.15) is 0 Å². The Bertz CT molecular complexity index is 1350. The van der Waals surface area contributed by atoms with E-state index in [0.29, 0.717) is 25.9 Å². The van der Waals surface area contributed by atoms with Crippen LogP contribution in [0.4, 0.5) is 0 Å². The first-order chi connectivity index (χ1) is 42.5. The summed E-state index contributed by atoms with van der Waals surface area (Å²) in [5, 5.41) is 23.5. The number of nitrogens with one attached hydrogen (secondary N) is 1. The number of unbranched alkanes of at least 4 members (excludes halogenated alkanes) is 60. The molecule has 6 heteroatoms. The van der Waals surface area contributed by atoms with Gasteiger partial charge < -0.3 is 20.3 Å². The zero-order valence-electron chi connectivity index (χ0n) is 58.6. The van der Waals surface area contributed by atoms with E-state index < -0.39 is 12.1 Å². The lowest BCUT2D eigenvalue weighted by atomic mass is 10.0. The lowest BCUT2D eigenvalue weighted by Crippen LogP contribution is -2.45. The minimum Gasteiger partial charge on any atom is -0.466 e. The van der Waals surface area contributed by atoms with Crippen molar-refractivity contribution in [3.63, 3.8) is 0 Å². The van der Waals surface area contributed by atoms with E-state index in [1.165, 1.54) is 372 Å². The molecule has 0 aliphatic heterocycles. The lowest BCUT2D eigenvalue weighted by molar-refractivity contribution is -0.143. The molecule has 0 fully saturated rings. The van der Waals surface area contributed by atoms with Crippen molar-refractivity contribution in [1.29, 1.82) is 0 Å². The lowest BCUT2D eigenvalue weighted by Gasteiger charge is -2.22. The highest BCUT2D eigenvalue weighted by molar-refractivity contribution is 5.76. The Morgan fingerprint density at radius 2 is 0.581 bits per heavy atom. The molecule has 0 aliphatic carbocycles. The SMILES string of the molecule is CCCCCCCCCCCCCCCCCCCCCCCCCCCC(O)C(CO)NC(=O)CCCCCCCCCCCCCCCCC/C=C\C/C=C\CCCCCCCCCCCOC(=O)CCCCCCCCCCCCCCC. The summed E-state index contributed by atoms with van der Waals surface area (Å²) in [5.41, 5.74) is 0. The zero-order chi connectivity index (χ0) is 62.0. The van der Waals surface area contributed by atoms with Gasteiger partial charge in [0, 0.05) is 12.8 Å². The molecular weight excluding hydrogens is 1050 g/mol. The van der Waals surface area contributed by atoms with Crippen LogP contribution in [0.15, 0.2) is 24.3 Å². The molecule has 0 saturated carbocycles. The second kappa shape index (κ2) is 75.8. The molecule has 0 heterocycles. The predicted octanol–water partition coefficient (Wildman–Crippen LogP) is 26.0. The summed E-state index contributed by atoms with van der Waals surface area (Å²) in [6.07, 6.45) is 96.9. The van der Waals surface area contributed by atoms with Crippen LogP contribution in [-0.2, 0) is 14.3 Å². The molecule has 0 aromatic heterocycles. The van der Waals surface area contributed by atoms with Gasteiger partial charge in [-0.1, -0.05) is 404 Å². The number of hydrogen-bond acceptors (Lipinski definition) is 5. The monoisotopic (exact) mass is 1210 g/mol. The second-order valence-corrected chi connectivity index (χ2v) is 27.4. The third kappa shape index (κ3) is 71.4. The van der Waals surface area contributed by atoms with Crippen LogP contribution < -0.4 is 5.32 Å². The maximum Gasteiger partial charge on any atom is 0.305 e. The molecule has 0 spiro atoms. The number of ether oxygens (including phenoxy) is 1. The van der Waals surface area contributed by atoms with Gasteiger partial charge in [0.1, 0.15) is 0 Å². The van der Waals surface area contributed by atoms with Crippen molar-refractivity contribution in [2.45, 2.75) is 463 Å². The van der Waals surface area contributed by atoms with Crippen LogP contribution in [0.25, 0.3) is 0 Å². The first-order valence-electron chi connectivity index (χ1n) is 39.6. The molecule has 6 nitrogen and oxygen atoms in total. The molecule has 0 rings (SSSR count). The fraction of sp³-hybridized carbons (Fsp3) is 0.925. The van der Waals surface area contributed by atoms with Gasteiger partial charge in [-0.05, 0) is 57.8 Å². The molecule has 3 N–H and O–H groups in total. The van der Waals surface area contributed by atoms with E-state index in [0.717, 1.165) is 44.9 Å². The molecule has 0 radical (unpaired) electrons. The standard InChI is InChI=1S/C80H155NO5/c1-3-5-7-9-11-13-15-17-18-19-20-21-22-30-33-36-39-42-45-49-52-56-60-64-68-72-78(83)77(76-82)81-79(84)73-69-65-61-57-53-50-46-43-40-37-34-31-28-26-24-23-25-27-29-32-35-38-41-44-47-51-55-59-63-67-71-75-86-80(85)74-70-66-62-58-54-48-16-14-12-10-8-6-4-2/h25,27,32,35,77-78,82-83H,3-24,26,28-31,33-34,36-76H2,1-2H3,(H,81,84)/b27-25-,35-32-. The van der Waals surface area contributed by atoms with E-state index in [4.69, 9.17) is 4.74 Å². The fourth-order valence-corrected chi connectivity index (χ4v) is 12.7. The summed E-state index contributed by atoms with van der Waals surface area (Å²) < 4.78 is 5.49. The Kier molecular flexibility index (Phi) is 74.3. The van der Waals surface area contributed by atoms with E-state index >= 15 is 0 Å². The third-order valence-corrected chi connectivity index (χ3v) is 18.8. The van der Waals surface area contributed by atoms with Gasteiger partial charge in [0.15, 0.2) is 0 Å². The largest absolute Gasteiger partial charge is 0.466 e. The van der Waals surface area contributed by atoms with Gasteiger partial charge in [-0.25, -0.2) is 0 Å². The Hall–Kier alpha value is -1.66. The molecule has 86 heavy (non-hydrogen) atoms. The molecule has 0 aromatic carbocycles. The van der Waals surface area contributed by atoms with Gasteiger partial charge in [-0.3, -0.25) is 9.59 Å². The maximum absolute atomic E-state index is 12.6. The van der Waals surface area contributed by atoms with Crippen molar-refractivity contribution >= 4 is 11.9 Å². The van der Waals surface area contributed by atoms with Gasteiger partial charge in [0.2, 0.25) is 5.91 Å². The smallest absolute Gasteiger partial charge is 0.305 e. The predicted molar refractivity (Wildman–Crippen MR) is 380 cm³/mol. The number of carbonyl (C=O) groups is 2. The summed E-state index contributed by atoms with van der Waals surface area (Å²) in [7, 11) is 0. The molecular formula is C80H155NO5. The molecule has 0 saturated heterocycles.